The molecule has 0 aromatic heterocycles. The van der Waals surface area contributed by atoms with Crippen molar-refractivity contribution in [2.75, 3.05) is 0 Å². The van der Waals surface area contributed by atoms with Crippen LogP contribution in [0.5, 0.6) is 5.75 Å². The van der Waals surface area contributed by atoms with E-state index in [-0.39, 0.29) is 17.6 Å². The monoisotopic (exact) mass is 281 g/mol. The average Bonchev–Trinajstić information content (AvgIpc) is 2.36. The van der Waals surface area contributed by atoms with Gasteiger partial charge >= 0.3 is 0 Å². The van der Waals surface area contributed by atoms with Crippen LogP contribution in [0.1, 0.15) is 62.3 Å². The summed E-state index contributed by atoms with van der Waals surface area (Å²) in [5.74, 6) is -0.696. The van der Waals surface area contributed by atoms with E-state index in [9.17, 15) is 20.1 Å². The zero-order chi connectivity index (χ0) is 15.6. The normalized spacial score (nSPS) is 14.6. The third kappa shape index (κ3) is 3.29. The number of hydrogen-bond donors (Lipinski definition) is 4. The van der Waals surface area contributed by atoms with Gasteiger partial charge in [-0.2, -0.15) is 0 Å². The molecule has 0 aliphatic heterocycles. The molecule has 0 spiro atoms. The van der Waals surface area contributed by atoms with Crippen LogP contribution in [0.3, 0.4) is 0 Å². The van der Waals surface area contributed by atoms with Gasteiger partial charge in [0.1, 0.15) is 11.9 Å². The Kier molecular flexibility index (Phi) is 5.14. The number of aromatic hydroxyl groups is 1. The summed E-state index contributed by atoms with van der Waals surface area (Å²) in [6, 6.07) is 3.20. The summed E-state index contributed by atoms with van der Waals surface area (Å²) in [7, 11) is 0. The fourth-order valence-corrected chi connectivity index (χ4v) is 2.09. The van der Waals surface area contributed by atoms with Gasteiger partial charge in [0.15, 0.2) is 6.10 Å². The molecule has 1 aromatic rings. The highest BCUT2D eigenvalue weighted by Gasteiger charge is 2.26. The minimum absolute atomic E-state index is 0.0466. The molecule has 5 heteroatoms. The topological polar surface area (TPSA) is 104 Å². The number of carbonyl (C=O) groups is 1. The number of amides is 1. The van der Waals surface area contributed by atoms with E-state index in [0.29, 0.717) is 16.7 Å². The Morgan fingerprint density at radius 3 is 1.75 bits per heavy atom. The van der Waals surface area contributed by atoms with Gasteiger partial charge in [-0.15, -0.1) is 0 Å². The van der Waals surface area contributed by atoms with E-state index >= 15 is 0 Å². The number of hydrogen-bond acceptors (Lipinski definition) is 4. The molecule has 0 aliphatic carbocycles. The summed E-state index contributed by atoms with van der Waals surface area (Å²) in [5, 5.41) is 29.9. The lowest BCUT2D eigenvalue weighted by Crippen LogP contribution is -2.34. The van der Waals surface area contributed by atoms with Crippen LogP contribution < -0.4 is 5.73 Å². The maximum Gasteiger partial charge on any atom is 0.249 e. The van der Waals surface area contributed by atoms with Crippen molar-refractivity contribution in [2.24, 2.45) is 5.73 Å². The van der Waals surface area contributed by atoms with Crippen molar-refractivity contribution in [1.82, 2.24) is 0 Å². The fraction of sp³-hybridized carbons (Fsp3) is 0.533. The Morgan fingerprint density at radius 2 is 1.45 bits per heavy atom. The van der Waals surface area contributed by atoms with E-state index in [1.807, 2.05) is 27.7 Å². The number of rotatable bonds is 5. The molecule has 0 bridgehead atoms. The van der Waals surface area contributed by atoms with Crippen LogP contribution in [0.4, 0.5) is 0 Å². The Morgan fingerprint density at radius 1 is 1.05 bits per heavy atom. The van der Waals surface area contributed by atoms with Gasteiger partial charge in [-0.25, -0.2) is 0 Å². The van der Waals surface area contributed by atoms with E-state index in [1.165, 1.54) is 0 Å². The number of carbonyl (C=O) groups excluding carboxylic acids is 1. The molecule has 2 atom stereocenters. The number of aliphatic hydroxyl groups excluding tert-OH is 2. The molecule has 0 saturated carbocycles. The van der Waals surface area contributed by atoms with Crippen LogP contribution >= 0.6 is 0 Å². The van der Waals surface area contributed by atoms with Crippen LogP contribution in [0.15, 0.2) is 12.1 Å². The van der Waals surface area contributed by atoms with Crippen molar-refractivity contribution < 1.29 is 20.1 Å². The first-order valence-electron chi connectivity index (χ1n) is 6.68. The molecule has 1 aromatic carbocycles. The molecule has 0 radical (unpaired) electrons. The zero-order valence-corrected chi connectivity index (χ0v) is 12.3. The lowest BCUT2D eigenvalue weighted by atomic mass is 9.89. The standard InChI is InChI=1S/C15H23NO4/c1-7(2)10-5-9(12(17)14(19)15(16)20)6-11(8(3)4)13(10)18/h5-8,12,14,17-19H,1-4H3,(H2,16,20). The molecule has 1 amide bonds. The number of aliphatic hydroxyl groups is 2. The van der Waals surface area contributed by atoms with Gasteiger partial charge in [-0.1, -0.05) is 27.7 Å². The van der Waals surface area contributed by atoms with Crippen molar-refractivity contribution in [3.63, 3.8) is 0 Å². The molecular formula is C15H23NO4. The summed E-state index contributed by atoms with van der Waals surface area (Å²) in [6.45, 7) is 7.67. The van der Waals surface area contributed by atoms with Crippen LogP contribution in [0, 0.1) is 0 Å². The Bertz CT molecular complexity index is 468. The molecule has 0 fully saturated rings. The molecule has 0 aliphatic rings. The van der Waals surface area contributed by atoms with Crippen LogP contribution in [-0.4, -0.2) is 27.3 Å². The van der Waals surface area contributed by atoms with E-state index in [1.54, 1.807) is 12.1 Å². The van der Waals surface area contributed by atoms with Gasteiger partial charge in [0, 0.05) is 0 Å². The number of nitrogens with two attached hydrogens (primary N) is 1. The first kappa shape index (κ1) is 16.5. The lowest BCUT2D eigenvalue weighted by molar-refractivity contribution is -0.131. The van der Waals surface area contributed by atoms with Crippen molar-refractivity contribution >= 4 is 5.91 Å². The minimum Gasteiger partial charge on any atom is -0.507 e. The second-order valence-electron chi connectivity index (χ2n) is 5.65. The molecule has 0 heterocycles. The third-order valence-corrected chi connectivity index (χ3v) is 3.37. The highest BCUT2D eigenvalue weighted by atomic mass is 16.3. The predicted molar refractivity (Wildman–Crippen MR) is 76.4 cm³/mol. The number of phenolic OH excluding ortho intramolecular Hbond substituents is 1. The Balaban J connectivity index is 3.37. The highest BCUT2D eigenvalue weighted by Crippen LogP contribution is 2.36. The van der Waals surface area contributed by atoms with Gasteiger partial charge < -0.3 is 21.1 Å². The van der Waals surface area contributed by atoms with Gasteiger partial charge in [-0.3, -0.25) is 4.79 Å². The van der Waals surface area contributed by atoms with E-state index < -0.39 is 18.1 Å². The third-order valence-electron chi connectivity index (χ3n) is 3.37. The summed E-state index contributed by atoms with van der Waals surface area (Å²) in [6.07, 6.45) is -3.07. The fourth-order valence-electron chi connectivity index (χ4n) is 2.09. The van der Waals surface area contributed by atoms with Gasteiger partial charge in [0.2, 0.25) is 5.91 Å². The summed E-state index contributed by atoms with van der Waals surface area (Å²) >= 11 is 0. The molecular weight excluding hydrogens is 258 g/mol. The van der Waals surface area contributed by atoms with Crippen molar-refractivity contribution in [2.45, 2.75) is 51.7 Å². The summed E-state index contributed by atoms with van der Waals surface area (Å²) in [5.41, 5.74) is 6.71. The molecule has 0 saturated heterocycles. The largest absolute Gasteiger partial charge is 0.507 e. The molecule has 5 nitrogen and oxygen atoms in total. The molecule has 20 heavy (non-hydrogen) atoms. The molecule has 5 N–H and O–H groups in total. The zero-order valence-electron chi connectivity index (χ0n) is 12.3. The lowest BCUT2D eigenvalue weighted by Gasteiger charge is -2.21. The average molecular weight is 281 g/mol. The van der Waals surface area contributed by atoms with E-state index in [0.717, 1.165) is 0 Å². The summed E-state index contributed by atoms with van der Waals surface area (Å²) < 4.78 is 0. The Hall–Kier alpha value is -1.59. The van der Waals surface area contributed by atoms with Gasteiger partial charge in [0.05, 0.1) is 0 Å². The Labute approximate surface area is 119 Å². The highest BCUT2D eigenvalue weighted by molar-refractivity contribution is 5.79. The second kappa shape index (κ2) is 6.24. The number of benzene rings is 1. The quantitative estimate of drug-likeness (QED) is 0.657. The van der Waals surface area contributed by atoms with Crippen LogP contribution in [-0.2, 0) is 4.79 Å². The van der Waals surface area contributed by atoms with Crippen molar-refractivity contribution in [1.29, 1.82) is 0 Å². The first-order valence-corrected chi connectivity index (χ1v) is 6.68. The summed E-state index contributed by atoms with van der Waals surface area (Å²) in [4.78, 5) is 11.0. The van der Waals surface area contributed by atoms with Crippen molar-refractivity contribution in [3.8, 4) is 5.75 Å². The molecule has 1 rings (SSSR count). The molecule has 112 valence electrons. The van der Waals surface area contributed by atoms with Crippen molar-refractivity contribution in [3.05, 3.63) is 28.8 Å². The number of primary amides is 1. The van der Waals surface area contributed by atoms with E-state index in [2.05, 4.69) is 0 Å². The predicted octanol–water partition coefficient (Wildman–Crippen LogP) is 1.52. The molecule has 2 unspecified atom stereocenters. The van der Waals surface area contributed by atoms with Gasteiger partial charge in [-0.05, 0) is 40.7 Å². The maximum absolute atomic E-state index is 11.0. The maximum atomic E-state index is 11.0. The van der Waals surface area contributed by atoms with Gasteiger partial charge in [0.25, 0.3) is 0 Å². The van der Waals surface area contributed by atoms with Crippen LogP contribution in [0.25, 0.3) is 0 Å². The minimum atomic E-state index is -1.67. The first-order chi connectivity index (χ1) is 9.16. The number of phenols is 1. The smallest absolute Gasteiger partial charge is 0.249 e. The second-order valence-corrected chi connectivity index (χ2v) is 5.65. The van der Waals surface area contributed by atoms with Crippen LogP contribution in [0.2, 0.25) is 0 Å². The van der Waals surface area contributed by atoms with E-state index in [4.69, 9.17) is 5.73 Å². The SMILES string of the molecule is CC(C)c1cc(C(O)C(O)C(N)=O)cc(C(C)C)c1O.